The molecular weight excluding hydrogens is 244 g/mol. The molecule has 0 radical (unpaired) electrons. The maximum Gasteiger partial charge on any atom is 0.338 e. The number of hydrogen-bond donors (Lipinski definition) is 1. The van der Waals surface area contributed by atoms with Crippen LogP contribution in [0, 0.1) is 0 Å². The largest absolute Gasteiger partial charge is 0.507 e. The molecule has 0 aliphatic carbocycles. The lowest BCUT2D eigenvalue weighted by molar-refractivity contribution is 0.00691. The number of phenols is 1. The Kier molecular flexibility index (Phi) is 3.34. The minimum atomic E-state index is -0.563. The molecule has 0 unspecified atom stereocenters. The number of furan rings is 1. The standard InChI is InChI=1S/C15H16O4/c1-15(2,3)19-14(17)10-6-7-11(12(16)9-10)13-5-4-8-18-13/h4-9,16H,1-3H3. The van der Waals surface area contributed by atoms with Crippen molar-refractivity contribution in [2.75, 3.05) is 0 Å². The van der Waals surface area contributed by atoms with E-state index in [9.17, 15) is 9.90 Å². The van der Waals surface area contributed by atoms with E-state index < -0.39 is 11.6 Å². The van der Waals surface area contributed by atoms with Crippen LogP contribution in [0.25, 0.3) is 11.3 Å². The van der Waals surface area contributed by atoms with Gasteiger partial charge in [-0.25, -0.2) is 4.79 Å². The first kappa shape index (κ1) is 13.2. The van der Waals surface area contributed by atoms with E-state index in [1.165, 1.54) is 12.3 Å². The van der Waals surface area contributed by atoms with Crippen LogP contribution < -0.4 is 0 Å². The lowest BCUT2D eigenvalue weighted by atomic mass is 10.1. The maximum absolute atomic E-state index is 11.9. The van der Waals surface area contributed by atoms with Gasteiger partial charge in [-0.3, -0.25) is 0 Å². The number of carbonyl (C=O) groups is 1. The normalized spacial score (nSPS) is 11.3. The first-order chi connectivity index (χ1) is 8.87. The van der Waals surface area contributed by atoms with Gasteiger partial charge in [0.15, 0.2) is 0 Å². The van der Waals surface area contributed by atoms with Crippen LogP contribution in [-0.4, -0.2) is 16.7 Å². The van der Waals surface area contributed by atoms with Crippen LogP contribution in [0.3, 0.4) is 0 Å². The van der Waals surface area contributed by atoms with E-state index in [1.54, 1.807) is 45.0 Å². The fraction of sp³-hybridized carbons (Fsp3) is 0.267. The molecule has 4 nitrogen and oxygen atoms in total. The summed E-state index contributed by atoms with van der Waals surface area (Å²) < 4.78 is 10.4. The highest BCUT2D eigenvalue weighted by molar-refractivity contribution is 5.91. The Morgan fingerprint density at radius 1 is 1.26 bits per heavy atom. The van der Waals surface area contributed by atoms with Gasteiger partial charge in [-0.2, -0.15) is 0 Å². The Morgan fingerprint density at radius 2 is 2.00 bits per heavy atom. The molecule has 19 heavy (non-hydrogen) atoms. The van der Waals surface area contributed by atoms with Gasteiger partial charge in [-0.15, -0.1) is 0 Å². The summed E-state index contributed by atoms with van der Waals surface area (Å²) in [6.45, 7) is 5.38. The first-order valence-electron chi connectivity index (χ1n) is 5.97. The molecule has 2 aromatic rings. The number of ether oxygens (including phenoxy) is 1. The van der Waals surface area contributed by atoms with Crippen LogP contribution in [0.4, 0.5) is 0 Å². The van der Waals surface area contributed by atoms with Gasteiger partial charge in [0.2, 0.25) is 0 Å². The minimum absolute atomic E-state index is 0.0155. The van der Waals surface area contributed by atoms with Crippen molar-refractivity contribution >= 4 is 5.97 Å². The summed E-state index contributed by atoms with van der Waals surface area (Å²) in [6.07, 6.45) is 1.52. The van der Waals surface area contributed by atoms with Crippen molar-refractivity contribution in [1.29, 1.82) is 0 Å². The Hall–Kier alpha value is -2.23. The van der Waals surface area contributed by atoms with Crippen molar-refractivity contribution in [1.82, 2.24) is 0 Å². The summed E-state index contributed by atoms with van der Waals surface area (Å²) in [5.74, 6) is 0.0698. The Balaban J connectivity index is 2.27. The Bertz CT molecular complexity index is 577. The van der Waals surface area contributed by atoms with Crippen molar-refractivity contribution in [3.8, 4) is 17.1 Å². The van der Waals surface area contributed by atoms with Crippen LogP contribution in [0.1, 0.15) is 31.1 Å². The monoisotopic (exact) mass is 260 g/mol. The third-order valence-electron chi connectivity index (χ3n) is 2.42. The number of carbonyl (C=O) groups excluding carboxylic acids is 1. The van der Waals surface area contributed by atoms with Crippen LogP contribution in [0.5, 0.6) is 5.75 Å². The van der Waals surface area contributed by atoms with E-state index >= 15 is 0 Å². The van der Waals surface area contributed by atoms with Gasteiger partial charge in [-0.05, 0) is 51.1 Å². The average Bonchev–Trinajstić information content (AvgIpc) is 2.79. The molecule has 1 aromatic carbocycles. The van der Waals surface area contributed by atoms with Crippen LogP contribution in [-0.2, 0) is 4.74 Å². The summed E-state index contributed by atoms with van der Waals surface area (Å²) in [7, 11) is 0. The predicted octanol–water partition coefficient (Wildman–Crippen LogP) is 3.61. The van der Waals surface area contributed by atoms with Gasteiger partial charge in [0.05, 0.1) is 17.4 Å². The van der Waals surface area contributed by atoms with Crippen LogP contribution in [0.15, 0.2) is 41.0 Å². The Morgan fingerprint density at radius 3 is 2.53 bits per heavy atom. The fourth-order valence-electron chi connectivity index (χ4n) is 1.64. The molecule has 0 bridgehead atoms. The molecule has 2 rings (SSSR count). The summed E-state index contributed by atoms with van der Waals surface area (Å²) in [5.41, 5.74) is 0.284. The van der Waals surface area contributed by atoms with E-state index in [4.69, 9.17) is 9.15 Å². The molecule has 0 aliphatic rings. The molecule has 0 saturated heterocycles. The van der Waals surface area contributed by atoms with Gasteiger partial charge in [0.1, 0.15) is 17.1 Å². The number of aromatic hydroxyl groups is 1. The third kappa shape index (κ3) is 3.16. The van der Waals surface area contributed by atoms with E-state index in [0.717, 1.165) is 0 Å². The van der Waals surface area contributed by atoms with Gasteiger partial charge in [0, 0.05) is 0 Å². The average molecular weight is 260 g/mol. The molecule has 0 fully saturated rings. The molecule has 100 valence electrons. The van der Waals surface area contributed by atoms with Crippen LogP contribution >= 0.6 is 0 Å². The number of esters is 1. The topological polar surface area (TPSA) is 59.7 Å². The first-order valence-corrected chi connectivity index (χ1v) is 5.97. The summed E-state index contributed by atoms with van der Waals surface area (Å²) in [4.78, 5) is 11.9. The highest BCUT2D eigenvalue weighted by Gasteiger charge is 2.19. The third-order valence-corrected chi connectivity index (χ3v) is 2.42. The lowest BCUT2D eigenvalue weighted by Crippen LogP contribution is -2.23. The summed E-state index contributed by atoms with van der Waals surface area (Å²) in [5, 5.41) is 9.94. The van der Waals surface area contributed by atoms with Crippen molar-refractivity contribution in [2.45, 2.75) is 26.4 Å². The fourth-order valence-corrected chi connectivity index (χ4v) is 1.64. The van der Waals surface area contributed by atoms with Crippen molar-refractivity contribution in [3.05, 3.63) is 42.2 Å². The number of phenolic OH excluding ortho intramolecular Hbond substituents is 1. The molecule has 0 aliphatic heterocycles. The number of rotatable bonds is 2. The second-order valence-electron chi connectivity index (χ2n) is 5.21. The zero-order valence-electron chi connectivity index (χ0n) is 11.1. The molecule has 1 N–H and O–H groups in total. The van der Waals surface area contributed by atoms with Crippen LogP contribution in [0.2, 0.25) is 0 Å². The zero-order chi connectivity index (χ0) is 14.0. The smallest absolute Gasteiger partial charge is 0.338 e. The van der Waals surface area contributed by atoms with Gasteiger partial charge in [-0.1, -0.05) is 0 Å². The van der Waals surface area contributed by atoms with E-state index in [2.05, 4.69) is 0 Å². The van der Waals surface area contributed by atoms with E-state index in [-0.39, 0.29) is 5.75 Å². The molecule has 4 heteroatoms. The van der Waals surface area contributed by atoms with Crippen molar-refractivity contribution in [3.63, 3.8) is 0 Å². The molecule has 1 heterocycles. The molecule has 0 saturated carbocycles. The van der Waals surface area contributed by atoms with Gasteiger partial charge in [0.25, 0.3) is 0 Å². The number of hydrogen-bond acceptors (Lipinski definition) is 4. The maximum atomic E-state index is 11.9. The minimum Gasteiger partial charge on any atom is -0.507 e. The van der Waals surface area contributed by atoms with Crippen molar-refractivity contribution in [2.24, 2.45) is 0 Å². The highest BCUT2D eigenvalue weighted by atomic mass is 16.6. The quantitative estimate of drug-likeness (QED) is 0.838. The predicted molar refractivity (Wildman–Crippen MR) is 71.0 cm³/mol. The molecular formula is C15H16O4. The zero-order valence-corrected chi connectivity index (χ0v) is 11.1. The lowest BCUT2D eigenvalue weighted by Gasteiger charge is -2.19. The van der Waals surface area contributed by atoms with Gasteiger partial charge < -0.3 is 14.3 Å². The second-order valence-corrected chi connectivity index (χ2v) is 5.21. The molecule has 0 atom stereocenters. The van der Waals surface area contributed by atoms with Gasteiger partial charge >= 0.3 is 5.97 Å². The summed E-state index contributed by atoms with van der Waals surface area (Å²) in [6, 6.07) is 8.09. The molecule has 0 amide bonds. The highest BCUT2D eigenvalue weighted by Crippen LogP contribution is 2.30. The van der Waals surface area contributed by atoms with Crippen molar-refractivity contribution < 1.29 is 19.1 Å². The SMILES string of the molecule is CC(C)(C)OC(=O)c1ccc(-c2ccco2)c(O)c1. The molecule has 0 spiro atoms. The molecule has 1 aromatic heterocycles. The second kappa shape index (κ2) is 4.80. The summed E-state index contributed by atoms with van der Waals surface area (Å²) >= 11 is 0. The van der Waals surface area contributed by atoms with E-state index in [0.29, 0.717) is 16.9 Å². The Labute approximate surface area is 111 Å². The number of benzene rings is 1. The van der Waals surface area contributed by atoms with E-state index in [1.807, 2.05) is 0 Å².